The van der Waals surface area contributed by atoms with Gasteiger partial charge in [-0.3, -0.25) is 4.79 Å². The van der Waals surface area contributed by atoms with E-state index in [1.54, 1.807) is 24.3 Å². The third-order valence-corrected chi connectivity index (χ3v) is 3.29. The van der Waals surface area contributed by atoms with Gasteiger partial charge in [-0.1, -0.05) is 31.4 Å². The molecule has 1 fully saturated rings. The zero-order chi connectivity index (χ0) is 13.5. The Morgan fingerprint density at radius 3 is 2.74 bits per heavy atom. The average molecular weight is 262 g/mol. The van der Waals surface area contributed by atoms with Gasteiger partial charge in [-0.2, -0.15) is 0 Å². The van der Waals surface area contributed by atoms with Crippen LogP contribution in [0.4, 0.5) is 5.69 Å². The minimum Gasteiger partial charge on any atom is -0.481 e. The topological polar surface area (TPSA) is 67.8 Å². The highest BCUT2D eigenvalue weighted by atomic mass is 16.5. The molecule has 0 unspecified atom stereocenters. The molecule has 1 aromatic carbocycles. The van der Waals surface area contributed by atoms with Gasteiger partial charge in [0.15, 0.2) is 6.61 Å². The van der Waals surface area contributed by atoms with Crippen molar-refractivity contribution in [1.29, 1.82) is 0 Å². The number of nitrogens with zero attached hydrogens (tertiary/aromatic N) is 1. The van der Waals surface area contributed by atoms with Gasteiger partial charge in [-0.15, -0.1) is 4.91 Å². The molecule has 0 spiro atoms. The predicted molar refractivity (Wildman–Crippen MR) is 72.4 cm³/mol. The molecule has 0 bridgehead atoms. The summed E-state index contributed by atoms with van der Waals surface area (Å²) in [6.45, 7) is -0.0803. The predicted octanol–water partition coefficient (Wildman–Crippen LogP) is 2.91. The standard InChI is InChI=1S/C14H18N2O3/c17-14(15-11-6-2-1-3-7-11)10-19-13-9-5-4-8-12(13)16-18/h4-5,8-9,11H,1-3,6-7,10H2,(H,15,17). The van der Waals surface area contributed by atoms with E-state index in [9.17, 15) is 9.70 Å². The summed E-state index contributed by atoms with van der Waals surface area (Å²) in [5.74, 6) is 0.198. The lowest BCUT2D eigenvalue weighted by Crippen LogP contribution is -2.38. The fourth-order valence-electron chi connectivity index (χ4n) is 2.31. The van der Waals surface area contributed by atoms with Crippen LogP contribution in [-0.4, -0.2) is 18.6 Å². The highest BCUT2D eigenvalue weighted by Gasteiger charge is 2.16. The molecular weight excluding hydrogens is 244 g/mol. The summed E-state index contributed by atoms with van der Waals surface area (Å²) in [6.07, 6.45) is 5.67. The van der Waals surface area contributed by atoms with Gasteiger partial charge in [0.25, 0.3) is 5.91 Å². The third-order valence-electron chi connectivity index (χ3n) is 3.29. The maximum absolute atomic E-state index is 11.7. The van der Waals surface area contributed by atoms with E-state index in [0.717, 1.165) is 12.8 Å². The number of benzene rings is 1. The SMILES string of the molecule is O=Nc1ccccc1OCC(=O)NC1CCCCC1. The lowest BCUT2D eigenvalue weighted by molar-refractivity contribution is -0.124. The summed E-state index contributed by atoms with van der Waals surface area (Å²) >= 11 is 0. The molecule has 5 heteroatoms. The van der Waals surface area contributed by atoms with Crippen LogP contribution in [0.5, 0.6) is 5.75 Å². The first-order chi connectivity index (χ1) is 9.29. The highest BCUT2D eigenvalue weighted by molar-refractivity contribution is 5.78. The second-order valence-electron chi connectivity index (χ2n) is 4.75. The van der Waals surface area contributed by atoms with Crippen LogP contribution in [0, 0.1) is 4.91 Å². The molecule has 1 amide bonds. The van der Waals surface area contributed by atoms with Gasteiger partial charge < -0.3 is 10.1 Å². The first-order valence-corrected chi connectivity index (χ1v) is 6.64. The molecule has 2 rings (SSSR count). The molecule has 0 atom stereocenters. The van der Waals surface area contributed by atoms with E-state index in [0.29, 0.717) is 5.75 Å². The number of hydrogen-bond acceptors (Lipinski definition) is 4. The van der Waals surface area contributed by atoms with Crippen LogP contribution in [0.1, 0.15) is 32.1 Å². The molecule has 0 heterocycles. The van der Waals surface area contributed by atoms with E-state index in [4.69, 9.17) is 4.74 Å². The number of ether oxygens (including phenoxy) is 1. The number of nitroso groups, excluding NO2 is 1. The van der Waals surface area contributed by atoms with Crippen LogP contribution in [0.3, 0.4) is 0 Å². The summed E-state index contributed by atoms with van der Waals surface area (Å²) in [7, 11) is 0. The molecule has 102 valence electrons. The van der Waals surface area contributed by atoms with E-state index >= 15 is 0 Å². The minimum atomic E-state index is -0.146. The van der Waals surface area contributed by atoms with Crippen molar-refractivity contribution in [2.24, 2.45) is 5.18 Å². The smallest absolute Gasteiger partial charge is 0.258 e. The number of para-hydroxylation sites is 1. The van der Waals surface area contributed by atoms with Gasteiger partial charge in [0, 0.05) is 6.04 Å². The fourth-order valence-corrected chi connectivity index (χ4v) is 2.31. The van der Waals surface area contributed by atoms with Gasteiger partial charge >= 0.3 is 0 Å². The average Bonchev–Trinajstić information content (AvgIpc) is 2.46. The van der Waals surface area contributed by atoms with Crippen molar-refractivity contribution < 1.29 is 9.53 Å². The van der Waals surface area contributed by atoms with Crippen molar-refractivity contribution in [1.82, 2.24) is 5.32 Å². The van der Waals surface area contributed by atoms with Crippen molar-refractivity contribution in [3.05, 3.63) is 29.2 Å². The number of hydrogen-bond donors (Lipinski definition) is 1. The molecule has 0 radical (unpaired) electrons. The Morgan fingerprint density at radius 1 is 1.26 bits per heavy atom. The summed E-state index contributed by atoms with van der Waals surface area (Å²) in [4.78, 5) is 22.3. The number of carbonyl (C=O) groups excluding carboxylic acids is 1. The molecule has 1 saturated carbocycles. The van der Waals surface area contributed by atoms with Crippen LogP contribution < -0.4 is 10.1 Å². The number of carbonyl (C=O) groups is 1. The van der Waals surface area contributed by atoms with Crippen LogP contribution in [-0.2, 0) is 4.79 Å². The minimum absolute atomic E-state index is 0.0803. The summed E-state index contributed by atoms with van der Waals surface area (Å²) in [5.41, 5.74) is 0.216. The van der Waals surface area contributed by atoms with Gasteiger partial charge in [0.1, 0.15) is 11.4 Å². The summed E-state index contributed by atoms with van der Waals surface area (Å²) < 4.78 is 5.33. The zero-order valence-electron chi connectivity index (χ0n) is 10.8. The van der Waals surface area contributed by atoms with Gasteiger partial charge in [-0.05, 0) is 30.2 Å². The third kappa shape index (κ3) is 4.05. The lowest BCUT2D eigenvalue weighted by atomic mass is 9.95. The molecular formula is C14H18N2O3. The maximum atomic E-state index is 11.7. The van der Waals surface area contributed by atoms with Gasteiger partial charge in [0.05, 0.1) is 0 Å². The molecule has 0 saturated heterocycles. The van der Waals surface area contributed by atoms with E-state index in [-0.39, 0.29) is 24.2 Å². The van der Waals surface area contributed by atoms with Crippen LogP contribution in [0.15, 0.2) is 29.4 Å². The monoisotopic (exact) mass is 262 g/mol. The van der Waals surface area contributed by atoms with Crippen LogP contribution in [0.25, 0.3) is 0 Å². The number of rotatable bonds is 5. The van der Waals surface area contributed by atoms with Gasteiger partial charge in [-0.25, -0.2) is 0 Å². The fraction of sp³-hybridized carbons (Fsp3) is 0.500. The lowest BCUT2D eigenvalue weighted by Gasteiger charge is -2.22. The van der Waals surface area contributed by atoms with Crippen LogP contribution >= 0.6 is 0 Å². The molecule has 1 aliphatic rings. The second-order valence-corrected chi connectivity index (χ2v) is 4.75. The molecule has 1 aromatic rings. The molecule has 0 aliphatic heterocycles. The van der Waals surface area contributed by atoms with Gasteiger partial charge in [0.2, 0.25) is 0 Å². The van der Waals surface area contributed by atoms with E-state index < -0.39 is 0 Å². The first-order valence-electron chi connectivity index (χ1n) is 6.64. The van der Waals surface area contributed by atoms with E-state index in [1.807, 2.05) is 0 Å². The number of nitrogens with one attached hydrogen (secondary N) is 1. The zero-order valence-corrected chi connectivity index (χ0v) is 10.8. The molecule has 19 heavy (non-hydrogen) atoms. The van der Waals surface area contributed by atoms with Crippen molar-refractivity contribution in [3.8, 4) is 5.75 Å². The normalized spacial score (nSPS) is 15.8. The largest absolute Gasteiger partial charge is 0.481 e. The Morgan fingerprint density at radius 2 is 2.00 bits per heavy atom. The van der Waals surface area contributed by atoms with Crippen LogP contribution in [0.2, 0.25) is 0 Å². The highest BCUT2D eigenvalue weighted by Crippen LogP contribution is 2.26. The Labute approximate surface area is 112 Å². The molecule has 5 nitrogen and oxygen atoms in total. The van der Waals surface area contributed by atoms with Crippen molar-refractivity contribution in [3.63, 3.8) is 0 Å². The second kappa shape index (κ2) is 6.87. The Bertz CT molecular complexity index is 442. The maximum Gasteiger partial charge on any atom is 0.258 e. The first kappa shape index (κ1) is 13.5. The van der Waals surface area contributed by atoms with Crippen molar-refractivity contribution in [2.45, 2.75) is 38.1 Å². The van der Waals surface area contributed by atoms with E-state index in [1.165, 1.54) is 19.3 Å². The Kier molecular flexibility index (Phi) is 4.89. The van der Waals surface area contributed by atoms with E-state index in [2.05, 4.69) is 10.5 Å². The van der Waals surface area contributed by atoms with Crippen molar-refractivity contribution in [2.75, 3.05) is 6.61 Å². The Balaban J connectivity index is 1.81. The van der Waals surface area contributed by atoms with Crippen molar-refractivity contribution >= 4 is 11.6 Å². The molecule has 0 aromatic heterocycles. The summed E-state index contributed by atoms with van der Waals surface area (Å²) in [5, 5.41) is 5.81. The summed E-state index contributed by atoms with van der Waals surface area (Å²) in [6, 6.07) is 6.89. The number of amides is 1. The molecule has 1 aliphatic carbocycles. The Hall–Kier alpha value is -1.91. The quantitative estimate of drug-likeness (QED) is 0.829. The molecule has 1 N–H and O–H groups in total.